The Balaban J connectivity index is 2.82. The Hall–Kier alpha value is -1.12. The molecule has 0 fully saturated rings. The van der Waals surface area contributed by atoms with Crippen molar-refractivity contribution in [3.05, 3.63) is 11.9 Å². The fraction of sp³-hybridized carbons (Fsp3) is 0.500. The van der Waals surface area contributed by atoms with Crippen LogP contribution in [0.15, 0.2) is 16.9 Å². The summed E-state index contributed by atoms with van der Waals surface area (Å²) in [6.07, 6.45) is 3.39. The molecule has 60 valence electrons. The van der Waals surface area contributed by atoms with Crippen LogP contribution in [-0.4, -0.2) is 17.5 Å². The molecule has 1 N–H and O–H groups in total. The number of allylic oxidation sites excluding steroid dienone is 1. The number of carbonyl (C=O) groups excluding carboxylic acids is 1. The molecule has 0 bridgehead atoms. The van der Waals surface area contributed by atoms with Gasteiger partial charge in [0.25, 0.3) is 0 Å². The summed E-state index contributed by atoms with van der Waals surface area (Å²) in [5.74, 6) is 0.0741. The SMILES string of the molecule is CC(=O)C1(C)C=NC(C)=CN1. The van der Waals surface area contributed by atoms with E-state index in [0.29, 0.717) is 0 Å². The highest BCUT2D eigenvalue weighted by Crippen LogP contribution is 2.09. The van der Waals surface area contributed by atoms with Gasteiger partial charge in [-0.25, -0.2) is 0 Å². The van der Waals surface area contributed by atoms with Crippen molar-refractivity contribution in [2.24, 2.45) is 4.99 Å². The number of hydrogen-bond donors (Lipinski definition) is 1. The van der Waals surface area contributed by atoms with Crippen molar-refractivity contribution in [1.29, 1.82) is 0 Å². The van der Waals surface area contributed by atoms with Crippen LogP contribution in [0.2, 0.25) is 0 Å². The third kappa shape index (κ3) is 1.48. The topological polar surface area (TPSA) is 41.5 Å². The van der Waals surface area contributed by atoms with E-state index in [1.807, 2.05) is 13.8 Å². The van der Waals surface area contributed by atoms with Crippen LogP contribution in [0.1, 0.15) is 20.8 Å². The first-order chi connectivity index (χ1) is 5.04. The Kier molecular flexibility index (Phi) is 1.81. The van der Waals surface area contributed by atoms with E-state index in [-0.39, 0.29) is 5.78 Å². The van der Waals surface area contributed by atoms with Crippen molar-refractivity contribution in [2.45, 2.75) is 26.3 Å². The molecule has 1 atom stereocenters. The summed E-state index contributed by atoms with van der Waals surface area (Å²) >= 11 is 0. The van der Waals surface area contributed by atoms with E-state index in [0.717, 1.165) is 5.70 Å². The van der Waals surface area contributed by atoms with Crippen LogP contribution in [0, 0.1) is 0 Å². The van der Waals surface area contributed by atoms with E-state index in [1.165, 1.54) is 0 Å². The van der Waals surface area contributed by atoms with Crippen LogP contribution >= 0.6 is 0 Å². The van der Waals surface area contributed by atoms with Crippen LogP contribution in [0.4, 0.5) is 0 Å². The fourth-order valence-electron chi connectivity index (χ4n) is 0.752. The molecule has 1 rings (SSSR count). The number of rotatable bonds is 1. The summed E-state index contributed by atoms with van der Waals surface area (Å²) in [5.41, 5.74) is 0.295. The molecule has 1 aliphatic rings. The molecule has 11 heavy (non-hydrogen) atoms. The Morgan fingerprint density at radius 2 is 2.36 bits per heavy atom. The Bertz CT molecular complexity index is 242. The fourth-order valence-corrected chi connectivity index (χ4v) is 0.752. The maximum absolute atomic E-state index is 11.0. The van der Waals surface area contributed by atoms with Gasteiger partial charge in [-0.1, -0.05) is 0 Å². The standard InChI is InChI=1S/C8H12N2O/c1-6-4-10-8(3,5-9-6)7(2)11/h4-5,10H,1-3H3. The van der Waals surface area contributed by atoms with Gasteiger partial charge in [-0.2, -0.15) is 0 Å². The first kappa shape index (κ1) is 7.98. The molecule has 1 unspecified atom stereocenters. The van der Waals surface area contributed by atoms with Crippen molar-refractivity contribution in [3.63, 3.8) is 0 Å². The van der Waals surface area contributed by atoms with E-state index in [9.17, 15) is 4.79 Å². The summed E-state index contributed by atoms with van der Waals surface area (Å²) < 4.78 is 0. The van der Waals surface area contributed by atoms with Crippen LogP contribution in [0.3, 0.4) is 0 Å². The largest absolute Gasteiger partial charge is 0.373 e. The zero-order valence-corrected chi connectivity index (χ0v) is 7.01. The molecule has 0 saturated carbocycles. The van der Waals surface area contributed by atoms with Gasteiger partial charge in [0.05, 0.1) is 5.70 Å². The van der Waals surface area contributed by atoms with Crippen molar-refractivity contribution >= 4 is 12.0 Å². The lowest BCUT2D eigenvalue weighted by atomic mass is 9.98. The minimum Gasteiger partial charge on any atom is -0.373 e. The zero-order valence-electron chi connectivity index (χ0n) is 7.01. The molecule has 0 radical (unpaired) electrons. The summed E-state index contributed by atoms with van der Waals surface area (Å²) in [7, 11) is 0. The van der Waals surface area contributed by atoms with Crippen molar-refractivity contribution in [2.75, 3.05) is 0 Å². The number of ketones is 1. The monoisotopic (exact) mass is 152 g/mol. The average molecular weight is 152 g/mol. The molecule has 1 aliphatic heterocycles. The first-order valence-corrected chi connectivity index (χ1v) is 3.55. The molecule has 0 aromatic rings. The van der Waals surface area contributed by atoms with Gasteiger partial charge in [0.1, 0.15) is 5.54 Å². The molecule has 0 aliphatic carbocycles. The van der Waals surface area contributed by atoms with E-state index in [2.05, 4.69) is 10.3 Å². The molecule has 3 heteroatoms. The normalized spacial score (nSPS) is 29.2. The van der Waals surface area contributed by atoms with Gasteiger partial charge < -0.3 is 5.32 Å². The van der Waals surface area contributed by atoms with Crippen molar-refractivity contribution in [3.8, 4) is 0 Å². The van der Waals surface area contributed by atoms with Gasteiger partial charge in [-0.15, -0.1) is 0 Å². The second kappa shape index (κ2) is 2.49. The van der Waals surface area contributed by atoms with E-state index < -0.39 is 5.54 Å². The maximum atomic E-state index is 11.0. The van der Waals surface area contributed by atoms with Crippen LogP contribution in [0.25, 0.3) is 0 Å². The van der Waals surface area contributed by atoms with Gasteiger partial charge in [0, 0.05) is 12.4 Å². The lowest BCUT2D eigenvalue weighted by Crippen LogP contribution is -2.48. The van der Waals surface area contributed by atoms with Gasteiger partial charge in [-0.3, -0.25) is 9.79 Å². The lowest BCUT2D eigenvalue weighted by molar-refractivity contribution is -0.119. The van der Waals surface area contributed by atoms with Crippen LogP contribution in [-0.2, 0) is 4.79 Å². The average Bonchev–Trinajstić information content (AvgIpc) is 1.95. The molecule has 0 aromatic heterocycles. The number of nitrogens with zero attached hydrogens (tertiary/aromatic N) is 1. The molecule has 1 heterocycles. The first-order valence-electron chi connectivity index (χ1n) is 3.55. The molecule has 0 aromatic carbocycles. The summed E-state index contributed by atoms with van der Waals surface area (Å²) in [6, 6.07) is 0. The number of nitrogens with one attached hydrogen (secondary N) is 1. The molecular weight excluding hydrogens is 140 g/mol. The van der Waals surface area contributed by atoms with Crippen molar-refractivity contribution < 1.29 is 4.79 Å². The zero-order chi connectivity index (χ0) is 8.48. The van der Waals surface area contributed by atoms with Gasteiger partial charge in [-0.05, 0) is 20.8 Å². The second-order valence-corrected chi connectivity index (χ2v) is 2.95. The summed E-state index contributed by atoms with van der Waals surface area (Å²) in [6.45, 7) is 5.23. The predicted octanol–water partition coefficient (Wildman–Crippen LogP) is 0.869. The predicted molar refractivity (Wildman–Crippen MR) is 44.5 cm³/mol. The molecule has 0 saturated heterocycles. The third-order valence-electron chi connectivity index (χ3n) is 1.84. The highest BCUT2D eigenvalue weighted by Gasteiger charge is 2.27. The van der Waals surface area contributed by atoms with Crippen LogP contribution < -0.4 is 5.32 Å². The minimum atomic E-state index is -0.598. The summed E-state index contributed by atoms with van der Waals surface area (Å²) in [5, 5.41) is 2.98. The van der Waals surface area contributed by atoms with E-state index in [4.69, 9.17) is 0 Å². The van der Waals surface area contributed by atoms with E-state index >= 15 is 0 Å². The molecule has 0 amide bonds. The van der Waals surface area contributed by atoms with Gasteiger partial charge in [0.15, 0.2) is 5.78 Å². The number of hydrogen-bond acceptors (Lipinski definition) is 3. The van der Waals surface area contributed by atoms with Crippen LogP contribution in [0.5, 0.6) is 0 Å². The quantitative estimate of drug-likeness (QED) is 0.605. The lowest BCUT2D eigenvalue weighted by Gasteiger charge is -2.25. The third-order valence-corrected chi connectivity index (χ3v) is 1.84. The Morgan fingerprint density at radius 1 is 1.73 bits per heavy atom. The van der Waals surface area contributed by atoms with Gasteiger partial charge in [0.2, 0.25) is 0 Å². The highest BCUT2D eigenvalue weighted by atomic mass is 16.1. The highest BCUT2D eigenvalue weighted by molar-refractivity contribution is 6.03. The molecular formula is C8H12N2O. The minimum absolute atomic E-state index is 0.0741. The number of Topliss-reactive ketones (excluding diaryl/α,β-unsaturated/α-hetero) is 1. The smallest absolute Gasteiger partial charge is 0.160 e. The second-order valence-electron chi connectivity index (χ2n) is 2.95. The Morgan fingerprint density at radius 3 is 2.73 bits per heavy atom. The number of carbonyl (C=O) groups is 1. The number of aliphatic imine (C=N–C) groups is 1. The molecule has 0 spiro atoms. The van der Waals surface area contributed by atoms with Gasteiger partial charge >= 0.3 is 0 Å². The molecule has 3 nitrogen and oxygen atoms in total. The Labute approximate surface area is 66.2 Å². The maximum Gasteiger partial charge on any atom is 0.160 e. The van der Waals surface area contributed by atoms with Crippen molar-refractivity contribution in [1.82, 2.24) is 5.32 Å². The van der Waals surface area contributed by atoms with E-state index in [1.54, 1.807) is 19.3 Å². The summed E-state index contributed by atoms with van der Waals surface area (Å²) in [4.78, 5) is 15.1.